The molecule has 0 radical (unpaired) electrons. The lowest BCUT2D eigenvalue weighted by Crippen LogP contribution is -2.84. The maximum Gasteiger partial charge on any atom is 0.235 e. The third kappa shape index (κ3) is 2.07. The number of hydrogen-bond acceptors (Lipinski definition) is 4. The molecule has 4 nitrogen and oxygen atoms in total. The van der Waals surface area contributed by atoms with E-state index >= 15 is 0 Å². The molecule has 34 heavy (non-hydrogen) atoms. The van der Waals surface area contributed by atoms with Crippen molar-refractivity contribution in [1.82, 2.24) is 0 Å². The van der Waals surface area contributed by atoms with Gasteiger partial charge < -0.3 is 9.84 Å². The molecule has 8 atom stereocenters. The van der Waals surface area contributed by atoms with Crippen molar-refractivity contribution in [3.05, 3.63) is 23.3 Å². The van der Waals surface area contributed by atoms with E-state index in [0.29, 0.717) is 12.8 Å². The molecule has 2 spiro atoms. The monoisotopic (exact) mass is 466 g/mol. The highest BCUT2D eigenvalue weighted by Crippen LogP contribution is 2.84. The zero-order valence-electron chi connectivity index (χ0n) is 22.1. The summed E-state index contributed by atoms with van der Waals surface area (Å²) in [6, 6.07) is 0. The van der Waals surface area contributed by atoms with Gasteiger partial charge in [-0.05, 0) is 82.5 Å². The number of carbonyl (C=O) groups excluding carboxylic acids is 2. The van der Waals surface area contributed by atoms with Crippen LogP contribution in [0.4, 0.5) is 0 Å². The van der Waals surface area contributed by atoms with Crippen LogP contribution in [0.1, 0.15) is 93.4 Å². The SMILES string of the molecule is CC(C)=C[C@@H]1[C@H]2C(C)=CC[C@]34CC[C@H]5C(C)(C)CCC[C@]56C[C@]23[C@@](O)(O6)C(=O)[C@@]1(C(C)C)C4=O. The van der Waals surface area contributed by atoms with E-state index in [1.807, 2.05) is 13.8 Å². The Labute approximate surface area is 204 Å². The summed E-state index contributed by atoms with van der Waals surface area (Å²) in [6.07, 6.45) is 10.5. The predicted molar refractivity (Wildman–Crippen MR) is 131 cm³/mol. The largest absolute Gasteiger partial charge is 0.359 e. The lowest BCUT2D eigenvalue weighted by molar-refractivity contribution is -0.328. The Morgan fingerprint density at radius 1 is 1.15 bits per heavy atom. The van der Waals surface area contributed by atoms with Gasteiger partial charge in [0.2, 0.25) is 11.6 Å². The topological polar surface area (TPSA) is 63.6 Å². The summed E-state index contributed by atoms with van der Waals surface area (Å²) in [7, 11) is 0. The molecule has 4 heteroatoms. The molecule has 1 saturated heterocycles. The smallest absolute Gasteiger partial charge is 0.235 e. The van der Waals surface area contributed by atoms with Gasteiger partial charge in [0.05, 0.1) is 11.0 Å². The van der Waals surface area contributed by atoms with Gasteiger partial charge >= 0.3 is 0 Å². The molecule has 0 aromatic carbocycles. The first-order chi connectivity index (χ1) is 15.8. The van der Waals surface area contributed by atoms with Crippen LogP contribution in [0.2, 0.25) is 0 Å². The van der Waals surface area contributed by atoms with Crippen LogP contribution in [0.3, 0.4) is 0 Å². The summed E-state index contributed by atoms with van der Waals surface area (Å²) in [5.41, 5.74) is -0.952. The molecule has 1 heterocycles. The van der Waals surface area contributed by atoms with Gasteiger partial charge in [0.1, 0.15) is 5.41 Å². The summed E-state index contributed by atoms with van der Waals surface area (Å²) in [6.45, 7) is 15.0. The maximum absolute atomic E-state index is 15.0. The third-order valence-electron chi connectivity index (χ3n) is 11.8. The Bertz CT molecular complexity index is 1060. The highest BCUT2D eigenvalue weighted by Gasteiger charge is 2.92. The molecule has 186 valence electrons. The van der Waals surface area contributed by atoms with Gasteiger partial charge in [0.25, 0.3) is 0 Å². The molecule has 1 N–H and O–H groups in total. The van der Waals surface area contributed by atoms with Crippen LogP contribution in [-0.4, -0.2) is 28.1 Å². The van der Waals surface area contributed by atoms with E-state index in [1.54, 1.807) is 0 Å². The number of rotatable bonds is 2. The van der Waals surface area contributed by atoms with Crippen LogP contribution in [0, 0.1) is 45.3 Å². The average Bonchev–Trinajstić information content (AvgIpc) is 2.89. The van der Waals surface area contributed by atoms with Crippen molar-refractivity contribution in [1.29, 1.82) is 0 Å². The minimum absolute atomic E-state index is 0.0536. The van der Waals surface area contributed by atoms with Crippen LogP contribution in [0.5, 0.6) is 0 Å². The summed E-state index contributed by atoms with van der Waals surface area (Å²) in [5.74, 6) is -2.34. The second kappa shape index (κ2) is 6.35. The molecule has 7 aliphatic rings. The third-order valence-corrected chi connectivity index (χ3v) is 11.8. The fourth-order valence-corrected chi connectivity index (χ4v) is 10.9. The van der Waals surface area contributed by atoms with Crippen molar-refractivity contribution in [2.45, 2.75) is 105 Å². The first-order valence-electron chi connectivity index (χ1n) is 13.6. The predicted octanol–water partition coefficient (Wildman–Crippen LogP) is 5.78. The van der Waals surface area contributed by atoms with E-state index in [-0.39, 0.29) is 40.7 Å². The van der Waals surface area contributed by atoms with Gasteiger partial charge in [-0.25, -0.2) is 0 Å². The van der Waals surface area contributed by atoms with Crippen molar-refractivity contribution >= 4 is 11.6 Å². The Balaban J connectivity index is 1.73. The minimum Gasteiger partial charge on any atom is -0.359 e. The van der Waals surface area contributed by atoms with Crippen molar-refractivity contribution in [2.75, 3.05) is 0 Å². The van der Waals surface area contributed by atoms with Crippen LogP contribution in [0.25, 0.3) is 0 Å². The minimum atomic E-state index is -1.89. The molecule has 1 aliphatic heterocycles. The fourth-order valence-electron chi connectivity index (χ4n) is 10.9. The fraction of sp³-hybridized carbons (Fsp3) is 0.800. The standard InChI is InChI=1S/C30H42O4/c1-17(2)15-20-22-19(5)9-13-26-14-10-21-25(6,7)11-8-12-27(21)16-28(22,26)30(33,34-27)24(32)29(20,18(3)4)23(26)31/h9,15,18,20-22,33H,8,10-14,16H2,1-7H3/t20-,21+,22-,26-,27+,28+,29-,30+/m1/s1. The molecule has 7 rings (SSSR count). The first kappa shape index (κ1) is 23.2. The summed E-state index contributed by atoms with van der Waals surface area (Å²) >= 11 is 0. The van der Waals surface area contributed by atoms with E-state index in [2.05, 4.69) is 46.8 Å². The number of hydrogen-bond donors (Lipinski definition) is 1. The molecule has 0 unspecified atom stereocenters. The van der Waals surface area contributed by atoms with Crippen LogP contribution >= 0.6 is 0 Å². The van der Waals surface area contributed by atoms with Gasteiger partial charge in [-0.3, -0.25) is 9.59 Å². The highest BCUT2D eigenvalue weighted by atomic mass is 16.7. The molecule has 6 fully saturated rings. The van der Waals surface area contributed by atoms with Gasteiger partial charge in [0.15, 0.2) is 5.78 Å². The molecular formula is C30H42O4. The van der Waals surface area contributed by atoms with Crippen LogP contribution < -0.4 is 0 Å². The Morgan fingerprint density at radius 2 is 1.85 bits per heavy atom. The summed E-state index contributed by atoms with van der Waals surface area (Å²) in [5, 5.41) is 12.7. The number of ether oxygens (including phenoxy) is 1. The molecule has 5 saturated carbocycles. The van der Waals surface area contributed by atoms with Gasteiger partial charge in [-0.2, -0.15) is 0 Å². The quantitative estimate of drug-likeness (QED) is 0.414. The van der Waals surface area contributed by atoms with Gasteiger partial charge in [0, 0.05) is 11.3 Å². The summed E-state index contributed by atoms with van der Waals surface area (Å²) in [4.78, 5) is 29.7. The lowest BCUT2D eigenvalue weighted by atomic mass is 9.28. The average molecular weight is 467 g/mol. The number of carbonyl (C=O) groups is 2. The molecule has 5 bridgehead atoms. The van der Waals surface area contributed by atoms with Crippen molar-refractivity contribution in [3.63, 3.8) is 0 Å². The maximum atomic E-state index is 15.0. The second-order valence-corrected chi connectivity index (χ2v) is 14.1. The van der Waals surface area contributed by atoms with E-state index < -0.39 is 27.6 Å². The van der Waals surface area contributed by atoms with E-state index in [0.717, 1.165) is 37.7 Å². The summed E-state index contributed by atoms with van der Waals surface area (Å²) < 4.78 is 6.95. The Morgan fingerprint density at radius 3 is 2.50 bits per heavy atom. The zero-order chi connectivity index (χ0) is 24.7. The van der Waals surface area contributed by atoms with Crippen LogP contribution in [-0.2, 0) is 14.3 Å². The number of ketones is 2. The van der Waals surface area contributed by atoms with E-state index in [1.165, 1.54) is 5.57 Å². The van der Waals surface area contributed by atoms with Crippen molar-refractivity contribution in [3.8, 4) is 0 Å². The Hall–Kier alpha value is -1.26. The highest BCUT2D eigenvalue weighted by molar-refractivity contribution is 6.18. The molecule has 0 aromatic rings. The number of aliphatic hydroxyl groups is 1. The molecular weight excluding hydrogens is 424 g/mol. The second-order valence-electron chi connectivity index (χ2n) is 14.1. The van der Waals surface area contributed by atoms with Crippen molar-refractivity contribution in [2.24, 2.45) is 45.3 Å². The Kier molecular flexibility index (Phi) is 4.32. The number of Topliss-reactive ketones (excluding diaryl/α,β-unsaturated/α-hetero) is 2. The van der Waals surface area contributed by atoms with E-state index in [9.17, 15) is 14.7 Å². The van der Waals surface area contributed by atoms with Gasteiger partial charge in [-0.1, -0.05) is 57.4 Å². The molecule has 6 aliphatic carbocycles. The first-order valence-corrected chi connectivity index (χ1v) is 13.6. The lowest BCUT2D eigenvalue weighted by Gasteiger charge is -2.72. The van der Waals surface area contributed by atoms with Gasteiger partial charge in [-0.15, -0.1) is 0 Å². The zero-order valence-corrected chi connectivity index (χ0v) is 22.1. The number of allylic oxidation sites excluding steroid dienone is 4. The molecule has 0 aromatic heterocycles. The van der Waals surface area contributed by atoms with Crippen molar-refractivity contribution < 1.29 is 19.4 Å². The normalized spacial score (nSPS) is 52.3. The molecule has 0 amide bonds. The van der Waals surface area contributed by atoms with Crippen LogP contribution in [0.15, 0.2) is 23.3 Å². The van der Waals surface area contributed by atoms with E-state index in [4.69, 9.17) is 4.74 Å².